The summed E-state index contributed by atoms with van der Waals surface area (Å²) in [6.45, 7) is 10.1. The number of aryl methyl sites for hydroxylation is 1. The molecule has 0 amide bonds. The van der Waals surface area contributed by atoms with Gasteiger partial charge in [0.25, 0.3) is 0 Å². The third-order valence-corrected chi connectivity index (χ3v) is 5.06. The van der Waals surface area contributed by atoms with Crippen LogP contribution in [0.1, 0.15) is 16.8 Å². The number of aromatic nitrogens is 1. The number of likely N-dealkylation sites (N-methyl/N-ethyl adjacent to an activating group) is 2. The minimum absolute atomic E-state index is 0.491. The Hall–Kier alpha value is -1.18. The first kappa shape index (κ1) is 18.2. The Kier molecular flexibility index (Phi) is 7.26. The van der Waals surface area contributed by atoms with Crippen molar-refractivity contribution in [2.75, 3.05) is 53.4 Å². The second-order valence-electron chi connectivity index (χ2n) is 6.16. The largest absolute Gasteiger partial charge is 0.357 e. The molecule has 1 saturated heterocycles. The van der Waals surface area contributed by atoms with Crippen LogP contribution in [0.25, 0.3) is 0 Å². The molecule has 0 spiro atoms. The van der Waals surface area contributed by atoms with E-state index in [-0.39, 0.29) is 0 Å². The van der Waals surface area contributed by atoms with Gasteiger partial charge in [-0.3, -0.25) is 9.89 Å². The van der Waals surface area contributed by atoms with Gasteiger partial charge in [-0.05, 0) is 27.9 Å². The van der Waals surface area contributed by atoms with Crippen molar-refractivity contribution in [3.63, 3.8) is 0 Å². The van der Waals surface area contributed by atoms with Gasteiger partial charge in [-0.15, -0.1) is 11.3 Å². The average Bonchev–Trinajstić information content (AvgIpc) is 2.93. The Morgan fingerprint density at radius 1 is 1.39 bits per heavy atom. The van der Waals surface area contributed by atoms with Gasteiger partial charge in [0.05, 0.1) is 11.6 Å². The molecular formula is C16H30N6S. The fraction of sp³-hybridized carbons (Fsp3) is 0.750. The highest BCUT2D eigenvalue weighted by atomic mass is 32.1. The van der Waals surface area contributed by atoms with Crippen molar-refractivity contribution < 1.29 is 0 Å². The van der Waals surface area contributed by atoms with Crippen LogP contribution in [0.15, 0.2) is 11.2 Å². The van der Waals surface area contributed by atoms with Crippen LogP contribution >= 0.6 is 11.3 Å². The Bertz CT molecular complexity index is 501. The molecule has 0 aromatic carbocycles. The van der Waals surface area contributed by atoms with E-state index < -0.39 is 0 Å². The van der Waals surface area contributed by atoms with Gasteiger partial charge in [-0.1, -0.05) is 0 Å². The SMILES string of the molecule is CCNC(=NCC1CN(C)CCN1C)NCCc1ncc(C)s1. The van der Waals surface area contributed by atoms with Crippen LogP contribution in [0.5, 0.6) is 0 Å². The summed E-state index contributed by atoms with van der Waals surface area (Å²) in [5.41, 5.74) is 0. The van der Waals surface area contributed by atoms with Gasteiger partial charge in [-0.2, -0.15) is 0 Å². The van der Waals surface area contributed by atoms with E-state index in [0.717, 1.165) is 51.6 Å². The highest BCUT2D eigenvalue weighted by Crippen LogP contribution is 2.11. The third-order valence-electron chi connectivity index (χ3n) is 4.09. The topological polar surface area (TPSA) is 55.8 Å². The van der Waals surface area contributed by atoms with Crippen molar-refractivity contribution in [3.8, 4) is 0 Å². The maximum atomic E-state index is 4.77. The predicted octanol–water partition coefficient (Wildman–Crippen LogP) is 0.795. The minimum atomic E-state index is 0.491. The number of piperazine rings is 1. The van der Waals surface area contributed by atoms with E-state index in [9.17, 15) is 0 Å². The molecule has 7 heteroatoms. The van der Waals surface area contributed by atoms with Crippen molar-refractivity contribution in [2.24, 2.45) is 4.99 Å². The predicted molar refractivity (Wildman–Crippen MR) is 98.5 cm³/mol. The smallest absolute Gasteiger partial charge is 0.191 e. The lowest BCUT2D eigenvalue weighted by Gasteiger charge is -2.36. The number of nitrogens with zero attached hydrogens (tertiary/aromatic N) is 4. The first-order valence-corrected chi connectivity index (χ1v) is 9.22. The van der Waals surface area contributed by atoms with E-state index in [1.807, 2.05) is 6.20 Å². The standard InChI is InChI=1S/C16H30N6S/c1-5-17-16(18-7-6-15-19-10-13(2)23-15)20-11-14-12-21(3)8-9-22(14)4/h10,14H,5-9,11-12H2,1-4H3,(H2,17,18,20). The van der Waals surface area contributed by atoms with E-state index in [0.29, 0.717) is 6.04 Å². The molecule has 1 aromatic heterocycles. The van der Waals surface area contributed by atoms with Crippen LogP contribution in [0.2, 0.25) is 0 Å². The molecule has 2 heterocycles. The fourth-order valence-electron chi connectivity index (χ4n) is 2.64. The van der Waals surface area contributed by atoms with E-state index in [1.54, 1.807) is 11.3 Å². The third kappa shape index (κ3) is 6.08. The van der Waals surface area contributed by atoms with Gasteiger partial charge in [0.1, 0.15) is 0 Å². The van der Waals surface area contributed by atoms with Crippen LogP contribution in [0, 0.1) is 6.92 Å². The van der Waals surface area contributed by atoms with Crippen molar-refractivity contribution in [2.45, 2.75) is 26.3 Å². The van der Waals surface area contributed by atoms with Gasteiger partial charge in [0.2, 0.25) is 0 Å². The zero-order valence-corrected chi connectivity index (χ0v) is 15.6. The zero-order chi connectivity index (χ0) is 16.7. The van der Waals surface area contributed by atoms with Crippen molar-refractivity contribution in [1.29, 1.82) is 0 Å². The highest BCUT2D eigenvalue weighted by Gasteiger charge is 2.21. The molecule has 1 aliphatic heterocycles. The summed E-state index contributed by atoms with van der Waals surface area (Å²) < 4.78 is 0. The van der Waals surface area contributed by atoms with Gasteiger partial charge >= 0.3 is 0 Å². The number of rotatable bonds is 6. The normalized spacial score (nSPS) is 20.7. The molecule has 0 bridgehead atoms. The van der Waals surface area contributed by atoms with Crippen LogP contribution in [0.4, 0.5) is 0 Å². The molecule has 130 valence electrons. The number of aliphatic imine (C=N–C) groups is 1. The summed E-state index contributed by atoms with van der Waals surface area (Å²) in [4.78, 5) is 15.2. The van der Waals surface area contributed by atoms with Crippen LogP contribution in [-0.4, -0.2) is 80.1 Å². The number of thiazole rings is 1. The highest BCUT2D eigenvalue weighted by molar-refractivity contribution is 7.11. The average molecular weight is 339 g/mol. The Morgan fingerprint density at radius 2 is 2.22 bits per heavy atom. The molecule has 23 heavy (non-hydrogen) atoms. The van der Waals surface area contributed by atoms with Crippen LogP contribution in [-0.2, 0) is 6.42 Å². The van der Waals surface area contributed by atoms with Gasteiger partial charge in [0, 0.05) is 56.3 Å². The second-order valence-corrected chi connectivity index (χ2v) is 7.48. The van der Waals surface area contributed by atoms with E-state index in [1.165, 1.54) is 9.88 Å². The summed E-state index contributed by atoms with van der Waals surface area (Å²) in [6.07, 6.45) is 2.88. The molecule has 1 atom stereocenters. The molecule has 1 aromatic rings. The molecule has 2 N–H and O–H groups in total. The Labute approximate surface area is 144 Å². The summed E-state index contributed by atoms with van der Waals surface area (Å²) in [6, 6.07) is 0.491. The first-order valence-electron chi connectivity index (χ1n) is 8.40. The summed E-state index contributed by atoms with van der Waals surface area (Å²) in [5, 5.41) is 7.93. The van der Waals surface area contributed by atoms with Crippen LogP contribution in [0.3, 0.4) is 0 Å². The molecular weight excluding hydrogens is 308 g/mol. The molecule has 1 unspecified atom stereocenters. The van der Waals surface area contributed by atoms with Crippen molar-refractivity contribution >= 4 is 17.3 Å². The van der Waals surface area contributed by atoms with Crippen LogP contribution < -0.4 is 10.6 Å². The van der Waals surface area contributed by atoms with E-state index >= 15 is 0 Å². The van der Waals surface area contributed by atoms with Crippen molar-refractivity contribution in [1.82, 2.24) is 25.4 Å². The Balaban J connectivity index is 1.81. The molecule has 1 aliphatic rings. The lowest BCUT2D eigenvalue weighted by molar-refractivity contribution is 0.119. The molecule has 0 radical (unpaired) electrons. The minimum Gasteiger partial charge on any atom is -0.357 e. The molecule has 6 nitrogen and oxygen atoms in total. The first-order chi connectivity index (χ1) is 11.1. The quantitative estimate of drug-likeness (QED) is 0.593. The number of nitrogens with one attached hydrogen (secondary N) is 2. The zero-order valence-electron chi connectivity index (χ0n) is 14.8. The maximum Gasteiger partial charge on any atom is 0.191 e. The summed E-state index contributed by atoms with van der Waals surface area (Å²) in [7, 11) is 4.38. The molecule has 1 fully saturated rings. The monoisotopic (exact) mass is 338 g/mol. The number of guanidine groups is 1. The van der Waals surface area contributed by atoms with Gasteiger partial charge in [-0.25, -0.2) is 4.98 Å². The fourth-order valence-corrected chi connectivity index (χ4v) is 3.43. The second kappa shape index (κ2) is 9.20. The summed E-state index contributed by atoms with van der Waals surface area (Å²) in [5.74, 6) is 0.905. The number of hydrogen-bond acceptors (Lipinski definition) is 5. The lowest BCUT2D eigenvalue weighted by Crippen LogP contribution is -2.51. The lowest BCUT2D eigenvalue weighted by atomic mass is 10.2. The summed E-state index contributed by atoms with van der Waals surface area (Å²) >= 11 is 1.77. The maximum absolute atomic E-state index is 4.77. The molecule has 0 saturated carbocycles. The molecule has 2 rings (SSSR count). The molecule has 0 aliphatic carbocycles. The van der Waals surface area contributed by atoms with Gasteiger partial charge < -0.3 is 15.5 Å². The number of hydrogen-bond donors (Lipinski definition) is 2. The van der Waals surface area contributed by atoms with E-state index in [2.05, 4.69) is 53.4 Å². The Morgan fingerprint density at radius 3 is 2.91 bits per heavy atom. The van der Waals surface area contributed by atoms with Gasteiger partial charge in [0.15, 0.2) is 5.96 Å². The van der Waals surface area contributed by atoms with Crippen molar-refractivity contribution in [3.05, 3.63) is 16.1 Å². The van der Waals surface area contributed by atoms with E-state index in [4.69, 9.17) is 4.99 Å².